The van der Waals surface area contributed by atoms with Crippen molar-refractivity contribution < 1.29 is 19.4 Å². The van der Waals surface area contributed by atoms with Crippen molar-refractivity contribution in [3.8, 4) is 17.2 Å². The van der Waals surface area contributed by atoms with E-state index in [1.807, 2.05) is 19.1 Å². The second-order valence-electron chi connectivity index (χ2n) is 11.4. The average Bonchev–Trinajstić information content (AvgIpc) is 2.77. The van der Waals surface area contributed by atoms with Crippen LogP contribution in [-0.2, 0) is 6.42 Å². The van der Waals surface area contributed by atoms with E-state index in [1.165, 1.54) is 11.1 Å². The van der Waals surface area contributed by atoms with Gasteiger partial charge in [-0.1, -0.05) is 51.0 Å². The van der Waals surface area contributed by atoms with Crippen LogP contribution in [0.25, 0.3) is 6.08 Å². The van der Waals surface area contributed by atoms with Crippen LogP contribution < -0.4 is 9.47 Å². The van der Waals surface area contributed by atoms with Crippen LogP contribution in [0.15, 0.2) is 29.4 Å². The molecule has 2 heterocycles. The first-order valence-electron chi connectivity index (χ1n) is 13.2. The zero-order chi connectivity index (χ0) is 26.1. The lowest BCUT2D eigenvalue weighted by atomic mass is 9.76. The maximum Gasteiger partial charge on any atom is 0.177 e. The van der Waals surface area contributed by atoms with Gasteiger partial charge in [-0.25, -0.2) is 0 Å². The van der Waals surface area contributed by atoms with Gasteiger partial charge in [-0.05, 0) is 84.3 Å². The maximum atomic E-state index is 13.8. The van der Waals surface area contributed by atoms with Gasteiger partial charge in [-0.2, -0.15) is 0 Å². The Morgan fingerprint density at radius 3 is 2.34 bits per heavy atom. The molecule has 0 bridgehead atoms. The first kappa shape index (κ1) is 27.1. The molecule has 0 aromatic heterocycles. The van der Waals surface area contributed by atoms with Crippen molar-refractivity contribution in [1.82, 2.24) is 0 Å². The van der Waals surface area contributed by atoms with Gasteiger partial charge >= 0.3 is 0 Å². The zero-order valence-electron chi connectivity index (χ0n) is 23.1. The number of phenols is 1. The predicted molar refractivity (Wildman–Crippen MR) is 145 cm³/mol. The Labute approximate surface area is 212 Å². The van der Waals surface area contributed by atoms with Crippen LogP contribution in [-0.4, -0.2) is 22.6 Å². The maximum absolute atomic E-state index is 13.8. The van der Waals surface area contributed by atoms with E-state index in [-0.39, 0.29) is 29.5 Å². The van der Waals surface area contributed by atoms with Crippen LogP contribution in [0.3, 0.4) is 0 Å². The average molecular weight is 481 g/mol. The third kappa shape index (κ3) is 5.52. The molecule has 2 aliphatic heterocycles. The van der Waals surface area contributed by atoms with Crippen molar-refractivity contribution in [3.05, 3.63) is 46.1 Å². The molecule has 4 nitrogen and oxygen atoms in total. The van der Waals surface area contributed by atoms with Gasteiger partial charge in [-0.3, -0.25) is 4.79 Å². The second-order valence-corrected chi connectivity index (χ2v) is 11.4. The standard InChI is InChI=1S/C31H44O4/c1-10-22-26(32)25-27(33)23-15-17-31(9,16-11-12-18(2)3)35-29(23)24(14-13-19(4)5)30(25)34-28(22)21(8)20(6)7/h12-13,15,17,20-22,28,33H,10-11,14,16H2,1-9H3. The predicted octanol–water partition coefficient (Wildman–Crippen LogP) is 8.07. The highest BCUT2D eigenvalue weighted by molar-refractivity contribution is 6.06. The lowest BCUT2D eigenvalue weighted by Crippen LogP contribution is -2.44. The third-order valence-corrected chi connectivity index (χ3v) is 7.60. The summed E-state index contributed by atoms with van der Waals surface area (Å²) in [4.78, 5) is 13.8. The highest BCUT2D eigenvalue weighted by Crippen LogP contribution is 2.52. The van der Waals surface area contributed by atoms with Gasteiger partial charge in [0.05, 0.1) is 11.5 Å². The van der Waals surface area contributed by atoms with Gasteiger partial charge in [-0.15, -0.1) is 0 Å². The molecule has 0 saturated heterocycles. The minimum absolute atomic E-state index is 0.0161. The van der Waals surface area contributed by atoms with E-state index >= 15 is 0 Å². The molecule has 2 aliphatic rings. The molecule has 0 amide bonds. The molecule has 4 heteroatoms. The highest BCUT2D eigenvalue weighted by Gasteiger charge is 2.44. The molecule has 1 aromatic carbocycles. The minimum Gasteiger partial charge on any atom is -0.506 e. The number of allylic oxidation sites excluding steroid dienone is 4. The number of ketones is 1. The van der Waals surface area contributed by atoms with Gasteiger partial charge in [0.2, 0.25) is 0 Å². The summed E-state index contributed by atoms with van der Waals surface area (Å²) in [5.74, 6) is 1.40. The Balaban J connectivity index is 2.19. The van der Waals surface area contributed by atoms with Crippen LogP contribution in [0.4, 0.5) is 0 Å². The summed E-state index contributed by atoms with van der Waals surface area (Å²) in [6.07, 6.45) is 11.0. The molecule has 0 radical (unpaired) electrons. The number of carbonyl (C=O) groups excluding carboxylic acids is 1. The van der Waals surface area contributed by atoms with Crippen LogP contribution >= 0.6 is 0 Å². The Hall–Kier alpha value is -2.49. The van der Waals surface area contributed by atoms with Gasteiger partial charge in [0.25, 0.3) is 0 Å². The second kappa shape index (κ2) is 10.6. The summed E-state index contributed by atoms with van der Waals surface area (Å²) in [5, 5.41) is 11.4. The molecule has 0 aliphatic carbocycles. The Morgan fingerprint density at radius 1 is 1.11 bits per heavy atom. The van der Waals surface area contributed by atoms with Crippen molar-refractivity contribution in [2.45, 2.75) is 99.7 Å². The topological polar surface area (TPSA) is 55.8 Å². The quantitative estimate of drug-likeness (QED) is 0.382. The fourth-order valence-electron chi connectivity index (χ4n) is 5.02. The number of hydrogen-bond acceptors (Lipinski definition) is 4. The Kier molecular flexibility index (Phi) is 8.24. The Morgan fingerprint density at radius 2 is 1.77 bits per heavy atom. The van der Waals surface area contributed by atoms with Crippen LogP contribution in [0.2, 0.25) is 0 Å². The van der Waals surface area contributed by atoms with E-state index in [9.17, 15) is 9.90 Å². The number of aromatic hydroxyl groups is 1. The van der Waals surface area contributed by atoms with Crippen LogP contribution in [0, 0.1) is 17.8 Å². The Bertz CT molecular complexity index is 1050. The summed E-state index contributed by atoms with van der Waals surface area (Å²) >= 11 is 0. The largest absolute Gasteiger partial charge is 0.506 e. The molecule has 0 fully saturated rings. The monoisotopic (exact) mass is 480 g/mol. The van der Waals surface area contributed by atoms with Gasteiger partial charge in [0.1, 0.15) is 34.5 Å². The van der Waals surface area contributed by atoms with E-state index in [2.05, 4.69) is 67.5 Å². The molecule has 3 rings (SSSR count). The number of rotatable bonds is 8. The fraction of sp³-hybridized carbons (Fsp3) is 0.581. The lowest BCUT2D eigenvalue weighted by molar-refractivity contribution is 0.0356. The summed E-state index contributed by atoms with van der Waals surface area (Å²) in [6, 6.07) is 0. The van der Waals surface area contributed by atoms with E-state index in [0.29, 0.717) is 41.4 Å². The number of phenolic OH excluding ortho intramolecular Hbond substituents is 1. The van der Waals surface area contributed by atoms with Crippen LogP contribution in [0.1, 0.15) is 103 Å². The first-order chi connectivity index (χ1) is 16.4. The van der Waals surface area contributed by atoms with E-state index in [1.54, 1.807) is 0 Å². The van der Waals surface area contributed by atoms with Gasteiger partial charge in [0.15, 0.2) is 5.78 Å². The van der Waals surface area contributed by atoms with E-state index < -0.39 is 5.60 Å². The SMILES string of the molecule is CCC1C(=O)c2c(O)c3c(c(CC=C(C)C)c2OC1C(C)C(C)C)OC(C)(CCC=C(C)C)C=C3. The first-order valence-corrected chi connectivity index (χ1v) is 13.2. The smallest absolute Gasteiger partial charge is 0.177 e. The summed E-state index contributed by atoms with van der Waals surface area (Å²) in [6.45, 7) is 18.9. The van der Waals surface area contributed by atoms with E-state index in [0.717, 1.165) is 18.4 Å². The molecular weight excluding hydrogens is 436 g/mol. The normalized spacial score (nSPS) is 23.7. The fourth-order valence-corrected chi connectivity index (χ4v) is 5.02. The van der Waals surface area contributed by atoms with Gasteiger partial charge < -0.3 is 14.6 Å². The summed E-state index contributed by atoms with van der Waals surface area (Å²) in [5.41, 5.74) is 3.72. The summed E-state index contributed by atoms with van der Waals surface area (Å²) in [7, 11) is 0. The molecule has 1 aromatic rings. The summed E-state index contributed by atoms with van der Waals surface area (Å²) < 4.78 is 13.3. The lowest BCUT2D eigenvalue weighted by Gasteiger charge is -2.40. The van der Waals surface area contributed by atoms with Crippen molar-refractivity contribution in [3.63, 3.8) is 0 Å². The van der Waals surface area contributed by atoms with Crippen molar-refractivity contribution in [2.24, 2.45) is 17.8 Å². The molecule has 0 spiro atoms. The van der Waals surface area contributed by atoms with Crippen LogP contribution in [0.5, 0.6) is 17.2 Å². The number of hydrogen-bond donors (Lipinski definition) is 1. The number of carbonyl (C=O) groups is 1. The van der Waals surface area contributed by atoms with Crippen molar-refractivity contribution in [1.29, 1.82) is 0 Å². The molecule has 35 heavy (non-hydrogen) atoms. The third-order valence-electron chi connectivity index (χ3n) is 7.60. The van der Waals surface area contributed by atoms with Crippen molar-refractivity contribution in [2.75, 3.05) is 0 Å². The number of ether oxygens (including phenoxy) is 2. The number of fused-ring (bicyclic) bond motifs is 2. The molecular formula is C31H44O4. The highest BCUT2D eigenvalue weighted by atomic mass is 16.5. The van der Waals surface area contributed by atoms with E-state index in [4.69, 9.17) is 9.47 Å². The van der Waals surface area contributed by atoms with Gasteiger partial charge in [0, 0.05) is 5.56 Å². The minimum atomic E-state index is -0.505. The molecule has 192 valence electrons. The number of Topliss-reactive ketones (excluding diaryl/α,β-unsaturated/α-hetero) is 1. The molecule has 0 saturated carbocycles. The molecule has 4 unspecified atom stereocenters. The zero-order valence-corrected chi connectivity index (χ0v) is 23.1. The molecule has 4 atom stereocenters. The van der Waals surface area contributed by atoms with Crippen molar-refractivity contribution >= 4 is 11.9 Å². The molecule has 1 N–H and O–H groups in total. The number of benzene rings is 1.